The van der Waals surface area contributed by atoms with Crippen molar-refractivity contribution in [3.05, 3.63) is 58.2 Å². The number of rotatable bonds is 9. The molecule has 8 heteroatoms. The van der Waals surface area contributed by atoms with E-state index in [0.29, 0.717) is 21.9 Å². The molecule has 1 aromatic carbocycles. The summed E-state index contributed by atoms with van der Waals surface area (Å²) in [6.45, 7) is 12.1. The normalized spacial score (nSPS) is 10.9. The van der Waals surface area contributed by atoms with Crippen molar-refractivity contribution in [2.24, 2.45) is 0 Å². The number of nitrogens with one attached hydrogen (secondary N) is 1. The summed E-state index contributed by atoms with van der Waals surface area (Å²) in [6, 6.07) is 9.68. The summed E-state index contributed by atoms with van der Waals surface area (Å²) in [5.41, 5.74) is 1.78. The third-order valence-corrected chi connectivity index (χ3v) is 6.58. The topological polar surface area (TPSA) is 67.2 Å². The van der Waals surface area contributed by atoms with Crippen LogP contribution >= 0.6 is 23.1 Å². The summed E-state index contributed by atoms with van der Waals surface area (Å²) in [7, 11) is 0. The van der Waals surface area contributed by atoms with Crippen LogP contribution in [0.15, 0.2) is 52.9 Å². The summed E-state index contributed by atoms with van der Waals surface area (Å²) < 4.78 is 1.57. The predicted molar refractivity (Wildman–Crippen MR) is 128 cm³/mol. The maximum absolute atomic E-state index is 12.8. The molecule has 2 heterocycles. The summed E-state index contributed by atoms with van der Waals surface area (Å²) in [5, 5.41) is 4.05. The second kappa shape index (κ2) is 9.95. The highest BCUT2D eigenvalue weighted by molar-refractivity contribution is 7.99. The molecule has 0 unspecified atom stereocenters. The van der Waals surface area contributed by atoms with Crippen LogP contribution in [0.25, 0.3) is 10.2 Å². The first-order valence-corrected chi connectivity index (χ1v) is 11.7. The van der Waals surface area contributed by atoms with Crippen LogP contribution in [0.2, 0.25) is 0 Å². The second-order valence-corrected chi connectivity index (χ2v) is 8.91. The molecule has 0 aliphatic rings. The number of amides is 1. The average Bonchev–Trinajstić information content (AvgIpc) is 3.11. The Bertz CT molecular complexity index is 1100. The minimum atomic E-state index is -0.141. The number of fused-ring (bicyclic) bond motifs is 1. The number of aromatic nitrogens is 2. The fourth-order valence-corrected chi connectivity index (χ4v) is 4.92. The van der Waals surface area contributed by atoms with E-state index in [4.69, 9.17) is 0 Å². The molecule has 3 rings (SSSR count). The molecule has 0 bridgehead atoms. The van der Waals surface area contributed by atoms with Crippen LogP contribution in [0, 0.1) is 6.92 Å². The number of nitrogens with zero attached hydrogens (tertiary/aromatic N) is 3. The van der Waals surface area contributed by atoms with Gasteiger partial charge in [-0.3, -0.25) is 14.2 Å². The largest absolute Gasteiger partial charge is 0.372 e. The Morgan fingerprint density at radius 3 is 2.63 bits per heavy atom. The highest BCUT2D eigenvalue weighted by Gasteiger charge is 2.14. The third-order valence-electron chi connectivity index (χ3n) is 4.66. The molecule has 3 aromatic rings. The van der Waals surface area contributed by atoms with Crippen LogP contribution in [0.4, 0.5) is 11.4 Å². The molecule has 0 fully saturated rings. The monoisotopic (exact) mass is 442 g/mol. The average molecular weight is 443 g/mol. The van der Waals surface area contributed by atoms with Gasteiger partial charge in [0.05, 0.1) is 11.1 Å². The van der Waals surface area contributed by atoms with Crippen molar-refractivity contribution >= 4 is 50.6 Å². The molecule has 1 amide bonds. The van der Waals surface area contributed by atoms with Gasteiger partial charge in [0.25, 0.3) is 5.56 Å². The highest BCUT2D eigenvalue weighted by Crippen LogP contribution is 2.24. The van der Waals surface area contributed by atoms with Crippen molar-refractivity contribution in [1.82, 2.24) is 9.55 Å². The zero-order valence-corrected chi connectivity index (χ0v) is 19.1. The van der Waals surface area contributed by atoms with E-state index in [0.717, 1.165) is 29.3 Å². The number of thioether (sulfide) groups is 1. The fraction of sp³-hybridized carbons (Fsp3) is 0.318. The van der Waals surface area contributed by atoms with Gasteiger partial charge >= 0.3 is 0 Å². The van der Waals surface area contributed by atoms with Crippen molar-refractivity contribution in [2.75, 3.05) is 29.1 Å². The SMILES string of the molecule is C=CCn1c(SCC(=O)Nc2ccc(N(CC)CC)cc2)nc2sc(C)cc2c1=O. The number of anilines is 2. The predicted octanol–water partition coefficient (Wildman–Crippen LogP) is 4.53. The van der Waals surface area contributed by atoms with Gasteiger partial charge in [-0.15, -0.1) is 17.9 Å². The fourth-order valence-electron chi connectivity index (χ4n) is 3.19. The van der Waals surface area contributed by atoms with E-state index in [1.54, 1.807) is 10.6 Å². The molecule has 0 atom stereocenters. The molecule has 6 nitrogen and oxygen atoms in total. The number of thiophene rings is 1. The van der Waals surface area contributed by atoms with Crippen LogP contribution < -0.4 is 15.8 Å². The van der Waals surface area contributed by atoms with E-state index in [2.05, 4.69) is 35.6 Å². The van der Waals surface area contributed by atoms with Gasteiger partial charge in [0.1, 0.15) is 4.83 Å². The Kier molecular flexibility index (Phi) is 7.33. The molecule has 30 heavy (non-hydrogen) atoms. The van der Waals surface area contributed by atoms with Crippen LogP contribution in [0.5, 0.6) is 0 Å². The number of carbonyl (C=O) groups excluding carboxylic acids is 1. The molecule has 1 N–H and O–H groups in total. The number of carbonyl (C=O) groups is 1. The van der Waals surface area contributed by atoms with Gasteiger partial charge in [0.2, 0.25) is 5.91 Å². The first kappa shape index (κ1) is 22.1. The Labute approximate surface area is 184 Å². The molecule has 0 saturated carbocycles. The lowest BCUT2D eigenvalue weighted by molar-refractivity contribution is -0.113. The van der Waals surface area contributed by atoms with Crippen LogP contribution in [0.1, 0.15) is 18.7 Å². The lowest BCUT2D eigenvalue weighted by Gasteiger charge is -2.21. The van der Waals surface area contributed by atoms with E-state index in [1.807, 2.05) is 37.3 Å². The Morgan fingerprint density at radius 2 is 2.00 bits per heavy atom. The molecule has 0 aliphatic carbocycles. The molecule has 2 aromatic heterocycles. The van der Waals surface area contributed by atoms with Gasteiger partial charge in [-0.1, -0.05) is 17.8 Å². The summed E-state index contributed by atoms with van der Waals surface area (Å²) in [5.74, 6) is 0.0227. The number of aryl methyl sites for hydroxylation is 1. The van der Waals surface area contributed by atoms with Crippen molar-refractivity contribution in [3.8, 4) is 0 Å². The molecule has 0 radical (unpaired) electrons. The van der Waals surface area contributed by atoms with Crippen molar-refractivity contribution in [2.45, 2.75) is 32.5 Å². The number of hydrogen-bond donors (Lipinski definition) is 1. The van der Waals surface area contributed by atoms with Crippen LogP contribution in [-0.4, -0.2) is 34.3 Å². The van der Waals surface area contributed by atoms with Crippen molar-refractivity contribution in [3.63, 3.8) is 0 Å². The van der Waals surface area contributed by atoms with E-state index in [1.165, 1.54) is 23.1 Å². The lowest BCUT2D eigenvalue weighted by atomic mass is 10.2. The number of allylic oxidation sites excluding steroid dienone is 1. The Morgan fingerprint density at radius 1 is 1.30 bits per heavy atom. The minimum Gasteiger partial charge on any atom is -0.372 e. The number of benzene rings is 1. The van der Waals surface area contributed by atoms with E-state index < -0.39 is 0 Å². The highest BCUT2D eigenvalue weighted by atomic mass is 32.2. The zero-order valence-electron chi connectivity index (χ0n) is 17.5. The first-order chi connectivity index (χ1) is 14.5. The van der Waals surface area contributed by atoms with Gasteiger partial charge in [-0.2, -0.15) is 0 Å². The molecule has 0 saturated heterocycles. The van der Waals surface area contributed by atoms with Crippen LogP contribution in [-0.2, 0) is 11.3 Å². The van der Waals surface area contributed by atoms with E-state index >= 15 is 0 Å². The smallest absolute Gasteiger partial charge is 0.263 e. The maximum atomic E-state index is 12.8. The quantitative estimate of drug-likeness (QED) is 0.300. The Balaban J connectivity index is 1.71. The first-order valence-electron chi connectivity index (χ1n) is 9.86. The summed E-state index contributed by atoms with van der Waals surface area (Å²) >= 11 is 2.74. The molecule has 0 spiro atoms. The standard InChI is InChI=1S/C22H26N4O2S2/c1-5-12-26-21(28)18-13-15(4)30-20(18)24-22(26)29-14-19(27)23-16-8-10-17(11-9-16)25(6-2)7-3/h5,8-11,13H,1,6-7,12,14H2,2-4H3,(H,23,27). The van der Waals surface area contributed by atoms with E-state index in [-0.39, 0.29) is 17.2 Å². The van der Waals surface area contributed by atoms with E-state index in [9.17, 15) is 9.59 Å². The summed E-state index contributed by atoms with van der Waals surface area (Å²) in [4.78, 5) is 33.8. The molecule has 0 aliphatic heterocycles. The second-order valence-electron chi connectivity index (χ2n) is 6.73. The minimum absolute atomic E-state index is 0.0980. The maximum Gasteiger partial charge on any atom is 0.263 e. The van der Waals surface area contributed by atoms with Crippen molar-refractivity contribution in [1.29, 1.82) is 0 Å². The van der Waals surface area contributed by atoms with Gasteiger partial charge in [-0.25, -0.2) is 4.98 Å². The van der Waals surface area contributed by atoms with Crippen molar-refractivity contribution < 1.29 is 4.79 Å². The van der Waals surface area contributed by atoms with Crippen LogP contribution in [0.3, 0.4) is 0 Å². The molecular weight excluding hydrogens is 416 g/mol. The van der Waals surface area contributed by atoms with Gasteiger partial charge in [0.15, 0.2) is 5.16 Å². The summed E-state index contributed by atoms with van der Waals surface area (Å²) in [6.07, 6.45) is 1.66. The van der Waals surface area contributed by atoms with Gasteiger partial charge in [-0.05, 0) is 51.1 Å². The Hall–Kier alpha value is -2.58. The molecule has 158 valence electrons. The number of hydrogen-bond acceptors (Lipinski definition) is 6. The lowest BCUT2D eigenvalue weighted by Crippen LogP contribution is -2.23. The zero-order chi connectivity index (χ0) is 21.7. The van der Waals surface area contributed by atoms with Gasteiger partial charge in [0, 0.05) is 35.9 Å². The molecular formula is C22H26N4O2S2. The third kappa shape index (κ3) is 4.94. The van der Waals surface area contributed by atoms with Gasteiger partial charge < -0.3 is 10.2 Å².